The predicted octanol–water partition coefficient (Wildman–Crippen LogP) is 4.42. The van der Waals surface area contributed by atoms with Crippen molar-refractivity contribution in [2.45, 2.75) is 64.2 Å². The Bertz CT molecular complexity index is 1170. The summed E-state index contributed by atoms with van der Waals surface area (Å²) < 4.78 is 41.3. The second-order valence-corrected chi connectivity index (χ2v) is 11.1. The van der Waals surface area contributed by atoms with Gasteiger partial charge in [-0.15, -0.1) is 0 Å². The fourth-order valence-electron chi connectivity index (χ4n) is 5.39. The Morgan fingerprint density at radius 1 is 1.10 bits per heavy atom. The van der Waals surface area contributed by atoms with Crippen LogP contribution >= 0.6 is 0 Å². The first-order valence-corrected chi connectivity index (χ1v) is 13.8. The maximum absolute atomic E-state index is 13.8. The zero-order chi connectivity index (χ0) is 28.9. The van der Waals surface area contributed by atoms with E-state index in [0.717, 1.165) is 38.5 Å². The van der Waals surface area contributed by atoms with Gasteiger partial charge < -0.3 is 26.2 Å². The summed E-state index contributed by atoms with van der Waals surface area (Å²) in [5.41, 5.74) is 0.00715. The van der Waals surface area contributed by atoms with Crippen LogP contribution in [0.15, 0.2) is 30.5 Å². The van der Waals surface area contributed by atoms with E-state index < -0.39 is 23.7 Å². The van der Waals surface area contributed by atoms with Crippen LogP contribution in [0.2, 0.25) is 0 Å². The Labute approximate surface area is 232 Å². The lowest BCUT2D eigenvalue weighted by molar-refractivity contribution is -0.137. The van der Waals surface area contributed by atoms with Gasteiger partial charge in [0.15, 0.2) is 0 Å². The Hall–Kier alpha value is -3.41. The summed E-state index contributed by atoms with van der Waals surface area (Å²) in [4.78, 5) is 35.5. The highest BCUT2D eigenvalue weighted by Gasteiger charge is 2.39. The highest BCUT2D eigenvalue weighted by molar-refractivity contribution is 5.94. The standard InChI is InChI=1S/C28H38F3N7O2/c1-17(2)34-26(40)21-7-4-8-23(21)36-24-22(28(29,30)31)15-33-27(37-24)35-20-11-9-19(10-12-20)25(39)32-14-18-6-5-13-38(3)16-18/h9-12,15,17-18,21,23H,4-8,13-14,16H2,1-3H3,(H,32,39)(H,34,40)(H2,33,35,36,37)/t18?,21-,23+/m0/s1. The van der Waals surface area contributed by atoms with E-state index in [4.69, 9.17) is 0 Å². The summed E-state index contributed by atoms with van der Waals surface area (Å²) in [5, 5.41) is 11.6. The number of benzene rings is 1. The second kappa shape index (κ2) is 12.8. The number of nitrogens with zero attached hydrogens (tertiary/aromatic N) is 3. The first kappa shape index (κ1) is 29.6. The number of nitrogens with one attached hydrogen (secondary N) is 4. The lowest BCUT2D eigenvalue weighted by Gasteiger charge is -2.29. The number of alkyl halides is 3. The minimum absolute atomic E-state index is 0.0321. The minimum atomic E-state index is -4.67. The molecule has 1 unspecified atom stereocenters. The van der Waals surface area contributed by atoms with Gasteiger partial charge in [-0.3, -0.25) is 9.59 Å². The molecular weight excluding hydrogens is 523 g/mol. The predicted molar refractivity (Wildman–Crippen MR) is 147 cm³/mol. The molecule has 9 nitrogen and oxygen atoms in total. The fraction of sp³-hybridized carbons (Fsp3) is 0.571. The summed E-state index contributed by atoms with van der Waals surface area (Å²) in [5.74, 6) is -0.787. The number of hydrogen-bond acceptors (Lipinski definition) is 7. The lowest BCUT2D eigenvalue weighted by atomic mass is 9.98. The molecule has 2 fully saturated rings. The highest BCUT2D eigenvalue weighted by Crippen LogP contribution is 2.36. The average molecular weight is 562 g/mol. The van der Waals surface area contributed by atoms with Crippen LogP contribution in [0.25, 0.3) is 0 Å². The van der Waals surface area contributed by atoms with Gasteiger partial charge in [0.25, 0.3) is 5.91 Å². The SMILES string of the molecule is CC(C)NC(=O)[C@H]1CCC[C@H]1Nc1nc(Nc2ccc(C(=O)NCC3CCCN(C)C3)cc2)ncc1C(F)(F)F. The molecule has 2 heterocycles. The molecule has 2 amide bonds. The molecule has 12 heteroatoms. The number of carbonyl (C=O) groups is 2. The highest BCUT2D eigenvalue weighted by atomic mass is 19.4. The molecule has 1 aliphatic carbocycles. The van der Waals surface area contributed by atoms with E-state index in [-0.39, 0.29) is 29.6 Å². The van der Waals surface area contributed by atoms with E-state index in [9.17, 15) is 22.8 Å². The molecule has 1 aromatic heterocycles. The number of anilines is 3. The molecule has 2 aromatic rings. The molecule has 1 saturated heterocycles. The number of piperidine rings is 1. The van der Waals surface area contributed by atoms with Gasteiger partial charge in [0.05, 0.1) is 5.92 Å². The van der Waals surface area contributed by atoms with Crippen LogP contribution in [-0.2, 0) is 11.0 Å². The van der Waals surface area contributed by atoms with Gasteiger partial charge in [0.2, 0.25) is 11.9 Å². The second-order valence-electron chi connectivity index (χ2n) is 11.1. The maximum Gasteiger partial charge on any atom is 0.421 e. The Balaban J connectivity index is 1.42. The van der Waals surface area contributed by atoms with Gasteiger partial charge in [-0.2, -0.15) is 18.2 Å². The van der Waals surface area contributed by atoms with Crippen molar-refractivity contribution in [3.63, 3.8) is 0 Å². The molecule has 1 aromatic carbocycles. The first-order valence-electron chi connectivity index (χ1n) is 13.8. The van der Waals surface area contributed by atoms with E-state index in [1.165, 1.54) is 0 Å². The zero-order valence-electron chi connectivity index (χ0n) is 23.1. The molecule has 4 rings (SSSR count). The lowest BCUT2D eigenvalue weighted by Crippen LogP contribution is -2.41. The van der Waals surface area contributed by atoms with Gasteiger partial charge >= 0.3 is 6.18 Å². The van der Waals surface area contributed by atoms with Crippen molar-refractivity contribution in [3.05, 3.63) is 41.6 Å². The number of carbonyl (C=O) groups excluding carboxylic acids is 2. The third-order valence-electron chi connectivity index (χ3n) is 7.38. The molecule has 1 saturated carbocycles. The van der Waals surface area contributed by atoms with Crippen molar-refractivity contribution >= 4 is 29.3 Å². The van der Waals surface area contributed by atoms with Crippen molar-refractivity contribution in [2.24, 2.45) is 11.8 Å². The molecule has 1 aliphatic heterocycles. The van der Waals surface area contributed by atoms with Gasteiger partial charge in [0, 0.05) is 42.6 Å². The summed E-state index contributed by atoms with van der Waals surface area (Å²) in [7, 11) is 2.08. The molecule has 218 valence electrons. The summed E-state index contributed by atoms with van der Waals surface area (Å²) >= 11 is 0. The van der Waals surface area contributed by atoms with Gasteiger partial charge in [0.1, 0.15) is 11.4 Å². The Kier molecular flexibility index (Phi) is 9.49. The normalized spacial score (nSPS) is 21.7. The molecule has 0 bridgehead atoms. The molecule has 2 aliphatic rings. The summed E-state index contributed by atoms with van der Waals surface area (Å²) in [6.07, 6.45) is 0.145. The van der Waals surface area contributed by atoms with Crippen LogP contribution in [0.1, 0.15) is 61.9 Å². The van der Waals surface area contributed by atoms with Gasteiger partial charge in [-0.25, -0.2) is 4.98 Å². The quantitative estimate of drug-likeness (QED) is 0.359. The number of halogens is 3. The number of hydrogen-bond donors (Lipinski definition) is 4. The molecule has 4 N–H and O–H groups in total. The van der Waals surface area contributed by atoms with Crippen molar-refractivity contribution in [1.82, 2.24) is 25.5 Å². The van der Waals surface area contributed by atoms with Crippen LogP contribution in [0.4, 0.5) is 30.6 Å². The van der Waals surface area contributed by atoms with E-state index in [0.29, 0.717) is 36.6 Å². The Morgan fingerprint density at radius 2 is 1.85 bits per heavy atom. The fourth-order valence-corrected chi connectivity index (χ4v) is 5.39. The van der Waals surface area contributed by atoms with Gasteiger partial charge in [-0.05, 0) is 83.3 Å². The third-order valence-corrected chi connectivity index (χ3v) is 7.38. The third kappa shape index (κ3) is 7.83. The zero-order valence-corrected chi connectivity index (χ0v) is 23.1. The minimum Gasteiger partial charge on any atom is -0.366 e. The van der Waals surface area contributed by atoms with Gasteiger partial charge in [-0.1, -0.05) is 6.42 Å². The van der Waals surface area contributed by atoms with E-state index in [1.807, 2.05) is 13.8 Å². The summed E-state index contributed by atoms with van der Waals surface area (Å²) in [6.45, 7) is 6.33. The van der Waals surface area contributed by atoms with E-state index >= 15 is 0 Å². The number of likely N-dealkylation sites (tertiary alicyclic amines) is 1. The van der Waals surface area contributed by atoms with Crippen molar-refractivity contribution < 1.29 is 22.8 Å². The topological polar surface area (TPSA) is 111 Å². The van der Waals surface area contributed by atoms with Crippen LogP contribution in [-0.4, -0.2) is 65.4 Å². The largest absolute Gasteiger partial charge is 0.421 e. The molecule has 0 radical (unpaired) electrons. The van der Waals surface area contributed by atoms with Crippen molar-refractivity contribution in [3.8, 4) is 0 Å². The molecular formula is C28H38F3N7O2. The Morgan fingerprint density at radius 3 is 2.52 bits per heavy atom. The van der Waals surface area contributed by atoms with Crippen LogP contribution < -0.4 is 21.3 Å². The molecule has 40 heavy (non-hydrogen) atoms. The maximum atomic E-state index is 13.8. The van der Waals surface area contributed by atoms with Crippen LogP contribution in [0, 0.1) is 11.8 Å². The monoisotopic (exact) mass is 561 g/mol. The van der Waals surface area contributed by atoms with E-state index in [1.54, 1.807) is 24.3 Å². The van der Waals surface area contributed by atoms with Crippen LogP contribution in [0.5, 0.6) is 0 Å². The van der Waals surface area contributed by atoms with E-state index in [2.05, 4.69) is 43.2 Å². The van der Waals surface area contributed by atoms with Crippen molar-refractivity contribution in [1.29, 1.82) is 0 Å². The molecule has 0 spiro atoms. The summed E-state index contributed by atoms with van der Waals surface area (Å²) in [6, 6.07) is 6.05. The van der Waals surface area contributed by atoms with Crippen molar-refractivity contribution in [2.75, 3.05) is 37.3 Å². The molecule has 3 atom stereocenters. The smallest absolute Gasteiger partial charge is 0.366 e. The average Bonchev–Trinajstić information content (AvgIpc) is 3.35. The number of rotatable bonds is 9. The first-order chi connectivity index (χ1) is 19.0. The number of aromatic nitrogens is 2. The van der Waals surface area contributed by atoms with Crippen LogP contribution in [0.3, 0.4) is 0 Å². The number of amides is 2.